The number of ether oxygens (including phenoxy) is 1. The Balaban J connectivity index is 1.41. The first-order chi connectivity index (χ1) is 11.8. The van der Waals surface area contributed by atoms with Crippen LogP contribution in [0.2, 0.25) is 0 Å². The molecule has 3 aromatic heterocycles. The summed E-state index contributed by atoms with van der Waals surface area (Å²) >= 11 is 0. The Bertz CT molecular complexity index is 779. The van der Waals surface area contributed by atoms with Crippen molar-refractivity contribution in [1.82, 2.24) is 24.9 Å². The van der Waals surface area contributed by atoms with Gasteiger partial charge >= 0.3 is 0 Å². The van der Waals surface area contributed by atoms with Crippen LogP contribution < -0.4 is 0 Å². The molecule has 8 heteroatoms. The summed E-state index contributed by atoms with van der Waals surface area (Å²) in [6.07, 6.45) is 5.52. The highest BCUT2D eigenvalue weighted by atomic mass is 16.5. The zero-order valence-electron chi connectivity index (χ0n) is 13.5. The van der Waals surface area contributed by atoms with Crippen LogP contribution in [0, 0.1) is 0 Å². The number of hydrogen-bond acceptors (Lipinski definition) is 7. The summed E-state index contributed by atoms with van der Waals surface area (Å²) in [5.41, 5.74) is 1.10. The molecule has 1 fully saturated rings. The third-order valence-electron chi connectivity index (χ3n) is 4.06. The normalized spacial score (nSPS) is 19.0. The zero-order chi connectivity index (χ0) is 16.4. The maximum atomic E-state index is 5.88. The van der Waals surface area contributed by atoms with Gasteiger partial charge in [0.25, 0.3) is 5.89 Å². The molecular weight excluding hydrogens is 310 g/mol. The summed E-state index contributed by atoms with van der Waals surface area (Å²) in [6, 6.07) is 3.59. The molecule has 126 valence electrons. The van der Waals surface area contributed by atoms with Gasteiger partial charge in [-0.25, -0.2) is 0 Å². The largest absolute Gasteiger partial charge is 0.459 e. The Morgan fingerprint density at radius 2 is 2.29 bits per heavy atom. The van der Waals surface area contributed by atoms with Gasteiger partial charge < -0.3 is 13.6 Å². The maximum Gasteiger partial charge on any atom is 0.283 e. The predicted molar refractivity (Wildman–Crippen MR) is 83.9 cm³/mol. The van der Waals surface area contributed by atoms with Crippen LogP contribution in [0.1, 0.15) is 24.5 Å². The minimum Gasteiger partial charge on any atom is -0.459 e. The third kappa shape index (κ3) is 3.10. The average Bonchev–Trinajstić information content (AvgIpc) is 3.36. The molecule has 1 saturated heterocycles. The summed E-state index contributed by atoms with van der Waals surface area (Å²) in [7, 11) is 0. The lowest BCUT2D eigenvalue weighted by molar-refractivity contribution is -0.0351. The number of morpholine rings is 1. The van der Waals surface area contributed by atoms with Gasteiger partial charge in [0.1, 0.15) is 0 Å². The maximum absolute atomic E-state index is 5.88. The van der Waals surface area contributed by atoms with E-state index in [1.807, 2.05) is 17.1 Å². The molecule has 0 spiro atoms. The number of hydrogen-bond donors (Lipinski definition) is 0. The monoisotopic (exact) mass is 329 g/mol. The minimum absolute atomic E-state index is 0.0199. The van der Waals surface area contributed by atoms with Gasteiger partial charge in [0.15, 0.2) is 5.76 Å². The highest BCUT2D eigenvalue weighted by Gasteiger charge is 2.24. The van der Waals surface area contributed by atoms with Gasteiger partial charge in [-0.3, -0.25) is 9.58 Å². The minimum atomic E-state index is 0.0199. The molecule has 1 atom stereocenters. The van der Waals surface area contributed by atoms with Crippen LogP contribution in [-0.4, -0.2) is 44.6 Å². The number of nitrogens with zero attached hydrogens (tertiary/aromatic N) is 5. The van der Waals surface area contributed by atoms with E-state index in [0.717, 1.165) is 25.2 Å². The van der Waals surface area contributed by atoms with Gasteiger partial charge in [-0.1, -0.05) is 0 Å². The molecule has 4 heterocycles. The lowest BCUT2D eigenvalue weighted by atomic mass is 10.1. The summed E-state index contributed by atoms with van der Waals surface area (Å²) in [5.74, 6) is 1.57. The van der Waals surface area contributed by atoms with Crippen LogP contribution in [0.3, 0.4) is 0 Å². The summed E-state index contributed by atoms with van der Waals surface area (Å²) < 4.78 is 18.7. The van der Waals surface area contributed by atoms with Gasteiger partial charge in [-0.05, 0) is 19.1 Å². The van der Waals surface area contributed by atoms with E-state index in [1.54, 1.807) is 18.4 Å². The van der Waals surface area contributed by atoms with Crippen molar-refractivity contribution in [3.8, 4) is 11.7 Å². The fraction of sp³-hybridized carbons (Fsp3) is 0.438. The average molecular weight is 329 g/mol. The van der Waals surface area contributed by atoms with E-state index in [4.69, 9.17) is 13.6 Å². The topological polar surface area (TPSA) is 82.4 Å². The molecule has 4 rings (SSSR count). The van der Waals surface area contributed by atoms with E-state index in [-0.39, 0.29) is 6.10 Å². The molecule has 1 aliphatic heterocycles. The van der Waals surface area contributed by atoms with Crippen molar-refractivity contribution >= 4 is 0 Å². The van der Waals surface area contributed by atoms with Crippen LogP contribution >= 0.6 is 0 Å². The number of aryl methyl sites for hydroxylation is 1. The molecule has 0 aromatic carbocycles. The van der Waals surface area contributed by atoms with Crippen LogP contribution in [0.4, 0.5) is 0 Å². The number of aromatic nitrogens is 4. The smallest absolute Gasteiger partial charge is 0.283 e. The van der Waals surface area contributed by atoms with E-state index in [2.05, 4.69) is 27.1 Å². The number of rotatable bonds is 5. The van der Waals surface area contributed by atoms with Crippen LogP contribution in [0.25, 0.3) is 11.7 Å². The van der Waals surface area contributed by atoms with E-state index in [1.165, 1.54) is 0 Å². The van der Waals surface area contributed by atoms with E-state index < -0.39 is 0 Å². The molecule has 0 aliphatic carbocycles. The summed E-state index contributed by atoms with van der Waals surface area (Å²) in [5, 5.41) is 12.5. The second-order valence-corrected chi connectivity index (χ2v) is 5.70. The first-order valence-corrected chi connectivity index (χ1v) is 8.04. The summed E-state index contributed by atoms with van der Waals surface area (Å²) in [6.45, 7) is 5.78. The molecular formula is C16H19N5O3. The van der Waals surface area contributed by atoms with Gasteiger partial charge in [-0.15, -0.1) is 10.2 Å². The first kappa shape index (κ1) is 15.1. The quantitative estimate of drug-likeness (QED) is 0.709. The Morgan fingerprint density at radius 3 is 3.08 bits per heavy atom. The molecule has 1 aliphatic rings. The molecule has 0 bridgehead atoms. The molecule has 0 N–H and O–H groups in total. The molecule has 1 unspecified atom stereocenters. The standard InChI is InChI=1S/C16H19N5O3/c1-2-21-9-12(8-17-21)14-10-20(5-7-23-14)11-15-18-19-16(24-15)13-4-3-6-22-13/h3-4,6,8-9,14H,2,5,7,10-11H2,1H3. The fourth-order valence-electron chi connectivity index (χ4n) is 2.78. The van der Waals surface area contributed by atoms with Crippen molar-refractivity contribution in [1.29, 1.82) is 0 Å². The van der Waals surface area contributed by atoms with Gasteiger partial charge in [0.2, 0.25) is 5.89 Å². The van der Waals surface area contributed by atoms with Crippen molar-refractivity contribution < 1.29 is 13.6 Å². The number of furan rings is 1. The van der Waals surface area contributed by atoms with Crippen molar-refractivity contribution in [2.45, 2.75) is 26.1 Å². The van der Waals surface area contributed by atoms with Gasteiger partial charge in [0.05, 0.1) is 31.7 Å². The van der Waals surface area contributed by atoms with Crippen molar-refractivity contribution in [3.05, 3.63) is 42.2 Å². The lowest BCUT2D eigenvalue weighted by Gasteiger charge is -2.31. The van der Waals surface area contributed by atoms with E-state index >= 15 is 0 Å². The Hall–Kier alpha value is -2.45. The highest BCUT2D eigenvalue weighted by molar-refractivity contribution is 5.42. The molecule has 0 saturated carbocycles. The van der Waals surface area contributed by atoms with Gasteiger partial charge in [-0.2, -0.15) is 5.10 Å². The fourth-order valence-corrected chi connectivity index (χ4v) is 2.78. The Labute approximate surface area is 139 Å². The van der Waals surface area contributed by atoms with Crippen LogP contribution in [-0.2, 0) is 17.8 Å². The SMILES string of the molecule is CCn1cc(C2CN(Cc3nnc(-c4ccco4)o3)CCO2)cn1. The van der Waals surface area contributed by atoms with Crippen molar-refractivity contribution in [2.75, 3.05) is 19.7 Å². The molecule has 0 amide bonds. The summed E-state index contributed by atoms with van der Waals surface area (Å²) in [4.78, 5) is 2.25. The van der Waals surface area contributed by atoms with Crippen LogP contribution in [0.5, 0.6) is 0 Å². The van der Waals surface area contributed by atoms with Crippen LogP contribution in [0.15, 0.2) is 39.6 Å². The second kappa shape index (κ2) is 6.58. The van der Waals surface area contributed by atoms with E-state index in [0.29, 0.717) is 30.7 Å². The lowest BCUT2D eigenvalue weighted by Crippen LogP contribution is -2.37. The zero-order valence-corrected chi connectivity index (χ0v) is 13.5. The van der Waals surface area contributed by atoms with Gasteiger partial charge in [0, 0.05) is 31.4 Å². The van der Waals surface area contributed by atoms with Crippen molar-refractivity contribution in [2.24, 2.45) is 0 Å². The Morgan fingerprint density at radius 1 is 1.33 bits per heavy atom. The highest BCUT2D eigenvalue weighted by Crippen LogP contribution is 2.24. The predicted octanol–water partition coefficient (Wildman–Crippen LogP) is 2.12. The Kier molecular flexibility index (Phi) is 4.14. The third-order valence-corrected chi connectivity index (χ3v) is 4.06. The molecule has 8 nitrogen and oxygen atoms in total. The van der Waals surface area contributed by atoms with Crippen molar-refractivity contribution in [3.63, 3.8) is 0 Å². The first-order valence-electron chi connectivity index (χ1n) is 8.04. The second-order valence-electron chi connectivity index (χ2n) is 5.70. The van der Waals surface area contributed by atoms with E-state index in [9.17, 15) is 0 Å². The molecule has 3 aromatic rings. The molecule has 0 radical (unpaired) electrons. The molecule has 24 heavy (non-hydrogen) atoms.